The Bertz CT molecular complexity index is 300. The Hall–Kier alpha value is -0.900. The Morgan fingerprint density at radius 3 is 2.71 bits per heavy atom. The minimum absolute atomic E-state index is 0.164. The Morgan fingerprint density at radius 1 is 1.29 bits per heavy atom. The van der Waals surface area contributed by atoms with Gasteiger partial charge in [0.25, 0.3) is 0 Å². The van der Waals surface area contributed by atoms with Crippen LogP contribution >= 0.6 is 0 Å². The lowest BCUT2D eigenvalue weighted by Crippen LogP contribution is -2.40. The van der Waals surface area contributed by atoms with E-state index in [0.29, 0.717) is 12.5 Å². The fourth-order valence-corrected chi connectivity index (χ4v) is 2.38. The summed E-state index contributed by atoms with van der Waals surface area (Å²) in [6.07, 6.45) is 4.94. The highest BCUT2D eigenvalue weighted by Crippen LogP contribution is 2.19. The van der Waals surface area contributed by atoms with E-state index in [0.717, 1.165) is 45.3 Å². The number of Topliss-reactive ketones (excluding diaryl/α,β-unsaturated/α-hetero) is 1. The summed E-state index contributed by atoms with van der Waals surface area (Å²) >= 11 is 0. The van der Waals surface area contributed by atoms with Crippen LogP contribution in [0, 0.1) is 5.92 Å². The zero-order valence-corrected chi connectivity index (χ0v) is 10.6. The molecule has 1 heterocycles. The van der Waals surface area contributed by atoms with Crippen LogP contribution in [0.15, 0.2) is 0 Å². The maximum absolute atomic E-state index is 11.5. The number of ketones is 1. The van der Waals surface area contributed by atoms with Crippen LogP contribution in [0.3, 0.4) is 0 Å². The van der Waals surface area contributed by atoms with E-state index in [4.69, 9.17) is 0 Å². The molecule has 0 bridgehead atoms. The first-order chi connectivity index (χ1) is 8.15. The van der Waals surface area contributed by atoms with Crippen molar-refractivity contribution in [1.82, 2.24) is 10.2 Å². The number of rotatable bonds is 5. The molecule has 1 aliphatic heterocycles. The van der Waals surface area contributed by atoms with Crippen molar-refractivity contribution >= 4 is 11.7 Å². The van der Waals surface area contributed by atoms with Gasteiger partial charge in [0.05, 0.1) is 0 Å². The Kier molecular flexibility index (Phi) is 4.15. The number of likely N-dealkylation sites (tertiary alicyclic amines) is 1. The summed E-state index contributed by atoms with van der Waals surface area (Å²) in [5.74, 6) is 0.643. The largest absolute Gasteiger partial charge is 0.353 e. The van der Waals surface area contributed by atoms with Crippen molar-refractivity contribution in [2.45, 2.75) is 45.1 Å². The highest BCUT2D eigenvalue weighted by atomic mass is 16.1. The average Bonchev–Trinajstić information content (AvgIpc) is 3.11. The molecule has 2 fully saturated rings. The van der Waals surface area contributed by atoms with Gasteiger partial charge >= 0.3 is 0 Å². The van der Waals surface area contributed by atoms with Gasteiger partial charge in [-0.2, -0.15) is 0 Å². The molecule has 1 amide bonds. The molecule has 0 aromatic rings. The smallest absolute Gasteiger partial charge is 0.221 e. The van der Waals surface area contributed by atoms with Crippen LogP contribution in [0.4, 0.5) is 0 Å². The number of nitrogens with one attached hydrogen (secondary N) is 1. The van der Waals surface area contributed by atoms with Gasteiger partial charge in [0.15, 0.2) is 0 Å². The lowest BCUT2D eigenvalue weighted by Gasteiger charge is -2.31. The summed E-state index contributed by atoms with van der Waals surface area (Å²) in [4.78, 5) is 25.1. The second kappa shape index (κ2) is 5.63. The molecule has 1 saturated heterocycles. The molecule has 0 radical (unpaired) electrons. The molecule has 0 spiro atoms. The summed E-state index contributed by atoms with van der Waals surface area (Å²) in [7, 11) is 0. The predicted octanol–water partition coefficient (Wildman–Crippen LogP) is 0.956. The highest BCUT2D eigenvalue weighted by molar-refractivity contribution is 5.78. The fraction of sp³-hybridized carbons (Fsp3) is 0.846. The first-order valence-corrected chi connectivity index (χ1v) is 6.67. The minimum Gasteiger partial charge on any atom is -0.353 e. The van der Waals surface area contributed by atoms with E-state index in [1.54, 1.807) is 6.92 Å². The van der Waals surface area contributed by atoms with Crippen molar-refractivity contribution in [2.24, 2.45) is 5.92 Å². The highest BCUT2D eigenvalue weighted by Gasteiger charge is 2.25. The summed E-state index contributed by atoms with van der Waals surface area (Å²) in [6, 6.07) is 0.453. The van der Waals surface area contributed by atoms with Crippen molar-refractivity contribution in [3.8, 4) is 0 Å². The summed E-state index contributed by atoms with van der Waals surface area (Å²) in [6.45, 7) is 4.34. The topological polar surface area (TPSA) is 49.4 Å². The lowest BCUT2D eigenvalue weighted by molar-refractivity contribution is -0.122. The minimum atomic E-state index is 0.164. The van der Waals surface area contributed by atoms with E-state index in [9.17, 15) is 9.59 Å². The van der Waals surface area contributed by atoms with Crippen LogP contribution in [0.25, 0.3) is 0 Å². The number of amides is 1. The maximum atomic E-state index is 11.5. The Morgan fingerprint density at radius 2 is 2.06 bits per heavy atom. The number of carbonyl (C=O) groups is 2. The van der Waals surface area contributed by atoms with E-state index in [2.05, 4.69) is 10.2 Å². The molecule has 17 heavy (non-hydrogen) atoms. The van der Waals surface area contributed by atoms with Gasteiger partial charge in [0, 0.05) is 31.5 Å². The molecule has 1 atom stereocenters. The van der Waals surface area contributed by atoms with Crippen molar-refractivity contribution in [3.05, 3.63) is 0 Å². The van der Waals surface area contributed by atoms with Crippen molar-refractivity contribution in [1.29, 1.82) is 0 Å². The Labute approximate surface area is 103 Å². The van der Waals surface area contributed by atoms with E-state index in [-0.39, 0.29) is 17.6 Å². The zero-order chi connectivity index (χ0) is 12.3. The first kappa shape index (κ1) is 12.6. The van der Waals surface area contributed by atoms with Gasteiger partial charge in [0.2, 0.25) is 5.91 Å². The van der Waals surface area contributed by atoms with Crippen LogP contribution in [-0.2, 0) is 9.59 Å². The Balaban J connectivity index is 1.67. The third kappa shape index (κ3) is 4.11. The van der Waals surface area contributed by atoms with Gasteiger partial charge in [-0.1, -0.05) is 0 Å². The molecule has 2 rings (SSSR count). The van der Waals surface area contributed by atoms with Gasteiger partial charge in [0.1, 0.15) is 5.78 Å². The van der Waals surface area contributed by atoms with Gasteiger partial charge in [-0.25, -0.2) is 0 Å². The quantitative estimate of drug-likeness (QED) is 0.776. The monoisotopic (exact) mass is 238 g/mol. The van der Waals surface area contributed by atoms with Crippen LogP contribution in [0.2, 0.25) is 0 Å². The third-order valence-corrected chi connectivity index (χ3v) is 3.68. The van der Waals surface area contributed by atoms with Gasteiger partial charge < -0.3 is 10.2 Å². The van der Waals surface area contributed by atoms with E-state index in [1.165, 1.54) is 0 Å². The van der Waals surface area contributed by atoms with E-state index < -0.39 is 0 Å². The van der Waals surface area contributed by atoms with Crippen molar-refractivity contribution in [2.75, 3.05) is 19.6 Å². The molecule has 2 aliphatic rings. The second-order valence-electron chi connectivity index (χ2n) is 5.34. The molecule has 1 unspecified atom stereocenters. The van der Waals surface area contributed by atoms with Gasteiger partial charge in [-0.05, 0) is 39.2 Å². The fourth-order valence-electron chi connectivity index (χ4n) is 2.38. The zero-order valence-electron chi connectivity index (χ0n) is 10.6. The molecule has 1 saturated carbocycles. The van der Waals surface area contributed by atoms with Gasteiger partial charge in [-0.3, -0.25) is 9.59 Å². The molecule has 4 heteroatoms. The standard InChI is InChI=1S/C13H22N2O2/c1-10(16)11-3-2-7-15(9-11)8-6-13(17)14-12-4-5-12/h11-12H,2-9H2,1H3,(H,14,17). The van der Waals surface area contributed by atoms with Crippen molar-refractivity contribution in [3.63, 3.8) is 0 Å². The SMILES string of the molecule is CC(=O)C1CCCN(CCC(=O)NC2CC2)C1. The summed E-state index contributed by atoms with van der Waals surface area (Å²) < 4.78 is 0. The molecule has 0 aromatic carbocycles. The van der Waals surface area contributed by atoms with Gasteiger partial charge in [-0.15, -0.1) is 0 Å². The number of carbonyl (C=O) groups excluding carboxylic acids is 2. The third-order valence-electron chi connectivity index (χ3n) is 3.68. The van der Waals surface area contributed by atoms with Crippen LogP contribution in [-0.4, -0.2) is 42.3 Å². The molecule has 0 aromatic heterocycles. The molecule has 96 valence electrons. The molecule has 4 nitrogen and oxygen atoms in total. The number of hydrogen-bond acceptors (Lipinski definition) is 3. The summed E-state index contributed by atoms with van der Waals surface area (Å²) in [5.41, 5.74) is 0. The normalized spacial score (nSPS) is 25.6. The number of nitrogens with zero attached hydrogens (tertiary/aromatic N) is 1. The van der Waals surface area contributed by atoms with Crippen LogP contribution in [0.1, 0.15) is 39.0 Å². The van der Waals surface area contributed by atoms with Crippen LogP contribution < -0.4 is 5.32 Å². The number of hydrogen-bond donors (Lipinski definition) is 1. The maximum Gasteiger partial charge on any atom is 0.221 e. The summed E-state index contributed by atoms with van der Waals surface area (Å²) in [5, 5.41) is 2.99. The molecular formula is C13H22N2O2. The lowest BCUT2D eigenvalue weighted by atomic mass is 9.94. The van der Waals surface area contributed by atoms with Crippen molar-refractivity contribution < 1.29 is 9.59 Å². The van der Waals surface area contributed by atoms with E-state index in [1.807, 2.05) is 0 Å². The average molecular weight is 238 g/mol. The molecule has 1 aliphatic carbocycles. The second-order valence-corrected chi connectivity index (χ2v) is 5.34. The number of piperidine rings is 1. The predicted molar refractivity (Wildman–Crippen MR) is 65.6 cm³/mol. The van der Waals surface area contributed by atoms with E-state index >= 15 is 0 Å². The molecular weight excluding hydrogens is 216 g/mol. The molecule has 1 N–H and O–H groups in total. The van der Waals surface area contributed by atoms with Crippen LogP contribution in [0.5, 0.6) is 0 Å². The first-order valence-electron chi connectivity index (χ1n) is 6.67.